The van der Waals surface area contributed by atoms with Gasteiger partial charge in [0.2, 0.25) is 0 Å². The van der Waals surface area contributed by atoms with Crippen molar-refractivity contribution in [1.82, 2.24) is 4.98 Å². The van der Waals surface area contributed by atoms with Crippen molar-refractivity contribution in [3.8, 4) is 0 Å². The molecule has 0 spiro atoms. The van der Waals surface area contributed by atoms with Crippen LogP contribution in [0.4, 0.5) is 11.5 Å². The van der Waals surface area contributed by atoms with Crippen molar-refractivity contribution >= 4 is 40.3 Å². The highest BCUT2D eigenvalue weighted by Crippen LogP contribution is 2.19. The van der Waals surface area contributed by atoms with E-state index in [1.807, 2.05) is 24.3 Å². The van der Waals surface area contributed by atoms with Gasteiger partial charge in [0.25, 0.3) is 0 Å². The largest absolute Gasteiger partial charge is 0.389 e. The Morgan fingerprint density at radius 2 is 2.12 bits per heavy atom. The maximum absolute atomic E-state index is 5.89. The molecule has 1 heterocycles. The molecule has 0 saturated heterocycles. The summed E-state index contributed by atoms with van der Waals surface area (Å²) in [5, 5.41) is 3.80. The Hall–Kier alpha value is -1.65. The molecule has 3 nitrogen and oxygen atoms in total. The molecular weight excluding hydrogens is 254 g/mol. The normalized spacial score (nSPS) is 9.94. The van der Waals surface area contributed by atoms with E-state index in [9.17, 15) is 0 Å². The Morgan fingerprint density at radius 3 is 2.82 bits per heavy atom. The summed E-state index contributed by atoms with van der Waals surface area (Å²) in [7, 11) is 0. The first-order valence-corrected chi connectivity index (χ1v) is 5.72. The van der Waals surface area contributed by atoms with Crippen molar-refractivity contribution in [3.05, 3.63) is 53.2 Å². The zero-order valence-electron chi connectivity index (χ0n) is 8.85. The fraction of sp³-hybridized carbons (Fsp3) is 0. The third kappa shape index (κ3) is 3.15. The van der Waals surface area contributed by atoms with Crippen LogP contribution in [-0.4, -0.2) is 9.97 Å². The van der Waals surface area contributed by atoms with E-state index in [2.05, 4.69) is 10.3 Å². The molecule has 17 heavy (non-hydrogen) atoms. The van der Waals surface area contributed by atoms with Gasteiger partial charge >= 0.3 is 0 Å². The number of nitrogens with zero attached hydrogens (tertiary/aromatic N) is 1. The molecule has 2 aromatic rings. The first kappa shape index (κ1) is 11.8. The minimum Gasteiger partial charge on any atom is -0.389 e. The number of halogens is 1. The Morgan fingerprint density at radius 1 is 1.29 bits per heavy atom. The van der Waals surface area contributed by atoms with E-state index < -0.39 is 0 Å². The molecule has 0 fully saturated rings. The molecule has 0 atom stereocenters. The number of hydrogen-bond donors (Lipinski definition) is 2. The first-order chi connectivity index (χ1) is 8.15. The van der Waals surface area contributed by atoms with Gasteiger partial charge in [-0.2, -0.15) is 0 Å². The summed E-state index contributed by atoms with van der Waals surface area (Å²) in [6.07, 6.45) is 1.65. The predicted octanol–water partition coefficient (Wildman–Crippen LogP) is 3.11. The second-order valence-corrected chi connectivity index (χ2v) is 4.31. The number of pyridine rings is 1. The van der Waals surface area contributed by atoms with Crippen LogP contribution in [0.5, 0.6) is 0 Å². The molecule has 0 amide bonds. The Kier molecular flexibility index (Phi) is 3.56. The number of thiocarbonyl (C=S) groups is 1. The lowest BCUT2D eigenvalue weighted by molar-refractivity contribution is 1.30. The zero-order chi connectivity index (χ0) is 12.3. The molecule has 1 aromatic carbocycles. The maximum atomic E-state index is 5.89. The van der Waals surface area contributed by atoms with Crippen molar-refractivity contribution in [1.29, 1.82) is 0 Å². The fourth-order valence-corrected chi connectivity index (χ4v) is 1.68. The Bertz CT molecular complexity index is 557. The Balaban J connectivity index is 2.24. The van der Waals surface area contributed by atoms with Crippen LogP contribution < -0.4 is 11.1 Å². The van der Waals surface area contributed by atoms with Gasteiger partial charge in [-0.1, -0.05) is 29.9 Å². The molecular formula is C12H10ClN3S. The highest BCUT2D eigenvalue weighted by Gasteiger charge is 2.00. The molecule has 0 aliphatic carbocycles. The van der Waals surface area contributed by atoms with Gasteiger partial charge in [-0.25, -0.2) is 4.98 Å². The van der Waals surface area contributed by atoms with Gasteiger partial charge in [0.15, 0.2) is 0 Å². The van der Waals surface area contributed by atoms with Gasteiger partial charge in [0.1, 0.15) is 10.8 Å². The Labute approximate surface area is 110 Å². The lowest BCUT2D eigenvalue weighted by Crippen LogP contribution is -2.09. The van der Waals surface area contributed by atoms with Gasteiger partial charge in [-0.3, -0.25) is 0 Å². The number of anilines is 2. The molecule has 0 unspecified atom stereocenters. The van der Waals surface area contributed by atoms with Gasteiger partial charge in [0, 0.05) is 22.5 Å². The summed E-state index contributed by atoms with van der Waals surface area (Å²) in [6, 6.07) is 11.0. The number of nitrogens with two attached hydrogens (primary N) is 1. The summed E-state index contributed by atoms with van der Waals surface area (Å²) in [4.78, 5) is 4.53. The molecule has 0 bridgehead atoms. The number of benzene rings is 1. The summed E-state index contributed by atoms with van der Waals surface area (Å²) >= 11 is 10.8. The van der Waals surface area contributed by atoms with Gasteiger partial charge in [0.05, 0.1) is 0 Å². The minimum absolute atomic E-state index is 0.349. The topological polar surface area (TPSA) is 50.9 Å². The van der Waals surface area contributed by atoms with E-state index >= 15 is 0 Å². The molecule has 2 rings (SSSR count). The summed E-state index contributed by atoms with van der Waals surface area (Å²) in [5.74, 6) is 0.678. The summed E-state index contributed by atoms with van der Waals surface area (Å²) < 4.78 is 0. The third-order valence-electron chi connectivity index (χ3n) is 2.14. The van der Waals surface area contributed by atoms with Gasteiger partial charge in [-0.15, -0.1) is 0 Å². The maximum Gasteiger partial charge on any atom is 0.130 e. The number of aromatic nitrogens is 1. The van der Waals surface area contributed by atoms with E-state index in [1.54, 1.807) is 18.3 Å². The van der Waals surface area contributed by atoms with Crippen LogP contribution in [0.1, 0.15) is 5.56 Å². The molecule has 0 saturated carbocycles. The van der Waals surface area contributed by atoms with Crippen LogP contribution in [0, 0.1) is 0 Å². The SMILES string of the molecule is NC(=S)c1ccnc(Nc2cccc(Cl)c2)c1. The van der Waals surface area contributed by atoms with Crippen LogP contribution in [-0.2, 0) is 0 Å². The molecule has 0 aliphatic rings. The molecule has 5 heteroatoms. The second-order valence-electron chi connectivity index (χ2n) is 3.43. The lowest BCUT2D eigenvalue weighted by atomic mass is 10.2. The van der Waals surface area contributed by atoms with E-state index in [4.69, 9.17) is 29.6 Å². The van der Waals surface area contributed by atoms with Crippen LogP contribution in [0.25, 0.3) is 0 Å². The number of hydrogen-bond acceptors (Lipinski definition) is 3. The smallest absolute Gasteiger partial charge is 0.130 e. The van der Waals surface area contributed by atoms with Crippen LogP contribution in [0.3, 0.4) is 0 Å². The van der Waals surface area contributed by atoms with Gasteiger partial charge < -0.3 is 11.1 Å². The lowest BCUT2D eigenvalue weighted by Gasteiger charge is -2.07. The predicted molar refractivity (Wildman–Crippen MR) is 74.9 cm³/mol. The zero-order valence-corrected chi connectivity index (χ0v) is 10.4. The highest BCUT2D eigenvalue weighted by molar-refractivity contribution is 7.80. The average Bonchev–Trinajstić information content (AvgIpc) is 2.29. The number of nitrogens with one attached hydrogen (secondary N) is 1. The van der Waals surface area contributed by atoms with Crippen LogP contribution in [0.15, 0.2) is 42.6 Å². The molecule has 1 aromatic heterocycles. The standard InChI is InChI=1S/C12H10ClN3S/c13-9-2-1-3-10(7-9)16-11-6-8(12(14)17)4-5-15-11/h1-7H,(H2,14,17)(H,15,16). The molecule has 0 aliphatic heterocycles. The monoisotopic (exact) mass is 263 g/mol. The summed E-state index contributed by atoms with van der Waals surface area (Å²) in [5.41, 5.74) is 7.20. The van der Waals surface area contributed by atoms with Crippen molar-refractivity contribution < 1.29 is 0 Å². The quantitative estimate of drug-likeness (QED) is 0.836. The van der Waals surface area contributed by atoms with Crippen LogP contribution in [0.2, 0.25) is 5.02 Å². The third-order valence-corrected chi connectivity index (χ3v) is 2.61. The molecule has 3 N–H and O–H groups in total. The van der Waals surface area contributed by atoms with Crippen molar-refractivity contribution in [2.24, 2.45) is 5.73 Å². The van der Waals surface area contributed by atoms with E-state index in [1.165, 1.54) is 0 Å². The van der Waals surface area contributed by atoms with Gasteiger partial charge in [-0.05, 0) is 30.3 Å². The van der Waals surface area contributed by atoms with E-state index in [-0.39, 0.29) is 0 Å². The van der Waals surface area contributed by atoms with Crippen LogP contribution >= 0.6 is 23.8 Å². The molecule has 0 radical (unpaired) electrons. The van der Waals surface area contributed by atoms with Crippen molar-refractivity contribution in [2.45, 2.75) is 0 Å². The minimum atomic E-state index is 0.349. The first-order valence-electron chi connectivity index (χ1n) is 4.93. The van der Waals surface area contributed by atoms with Crippen molar-refractivity contribution in [2.75, 3.05) is 5.32 Å². The molecule has 86 valence electrons. The number of rotatable bonds is 3. The highest BCUT2D eigenvalue weighted by atomic mass is 35.5. The van der Waals surface area contributed by atoms with E-state index in [0.29, 0.717) is 15.8 Å². The van der Waals surface area contributed by atoms with E-state index in [0.717, 1.165) is 11.3 Å². The second kappa shape index (κ2) is 5.12. The average molecular weight is 264 g/mol. The summed E-state index contributed by atoms with van der Waals surface area (Å²) in [6.45, 7) is 0. The van der Waals surface area contributed by atoms with Crippen molar-refractivity contribution in [3.63, 3.8) is 0 Å². The fourth-order valence-electron chi connectivity index (χ4n) is 1.37.